The van der Waals surface area contributed by atoms with Crippen molar-refractivity contribution in [1.29, 1.82) is 0 Å². The first-order chi connectivity index (χ1) is 11.1. The van der Waals surface area contributed by atoms with Gasteiger partial charge in [0.15, 0.2) is 0 Å². The zero-order chi connectivity index (χ0) is 16.7. The van der Waals surface area contributed by atoms with Crippen molar-refractivity contribution in [2.75, 3.05) is 12.9 Å². The number of thioether (sulfide) groups is 1. The third-order valence-corrected chi connectivity index (χ3v) is 4.28. The molecule has 2 rings (SSSR count). The molecule has 0 aliphatic heterocycles. The molecule has 1 amide bonds. The number of hydrogen-bond donors (Lipinski definition) is 1. The minimum Gasteiger partial charge on any atom is -0.496 e. The van der Waals surface area contributed by atoms with Gasteiger partial charge in [-0.05, 0) is 48.4 Å². The Morgan fingerprint density at radius 3 is 2.74 bits per heavy atom. The van der Waals surface area contributed by atoms with Gasteiger partial charge in [0.2, 0.25) is 5.91 Å². The van der Waals surface area contributed by atoms with Crippen LogP contribution in [0.4, 0.5) is 0 Å². The highest BCUT2D eigenvalue weighted by molar-refractivity contribution is 8.00. The molecule has 23 heavy (non-hydrogen) atoms. The number of hydrogen-bond acceptors (Lipinski definition) is 4. The fourth-order valence-electron chi connectivity index (χ4n) is 1.81. The van der Waals surface area contributed by atoms with Gasteiger partial charge >= 0.3 is 0 Å². The van der Waals surface area contributed by atoms with Crippen molar-refractivity contribution < 1.29 is 9.53 Å². The smallest absolute Gasteiger partial charge is 0.250 e. The minimum absolute atomic E-state index is 0.166. The second-order valence-corrected chi connectivity index (χ2v) is 6.25. The van der Waals surface area contributed by atoms with Crippen LogP contribution in [0.1, 0.15) is 11.1 Å². The lowest BCUT2D eigenvalue weighted by molar-refractivity contribution is -0.118. The lowest BCUT2D eigenvalue weighted by atomic mass is 10.1. The van der Waals surface area contributed by atoms with E-state index >= 15 is 0 Å². The number of rotatable bonds is 6. The molecule has 0 atom stereocenters. The molecule has 1 N–H and O–H groups in total. The quantitative estimate of drug-likeness (QED) is 0.489. The van der Waals surface area contributed by atoms with E-state index in [2.05, 4.69) is 10.5 Å². The number of hydrazone groups is 1. The largest absolute Gasteiger partial charge is 0.496 e. The highest BCUT2D eigenvalue weighted by atomic mass is 35.5. The summed E-state index contributed by atoms with van der Waals surface area (Å²) in [5.74, 6) is 0.912. The Kier molecular flexibility index (Phi) is 6.50. The van der Waals surface area contributed by atoms with Crippen LogP contribution in [-0.2, 0) is 4.79 Å². The van der Waals surface area contributed by atoms with Crippen LogP contribution in [-0.4, -0.2) is 25.0 Å². The second kappa shape index (κ2) is 8.60. The topological polar surface area (TPSA) is 50.7 Å². The predicted octanol–water partition coefficient (Wildman–Crippen LogP) is 3.90. The van der Waals surface area contributed by atoms with Crippen LogP contribution in [0.3, 0.4) is 0 Å². The van der Waals surface area contributed by atoms with Gasteiger partial charge in [-0.2, -0.15) is 5.10 Å². The number of nitrogens with one attached hydrogen (secondary N) is 1. The van der Waals surface area contributed by atoms with Gasteiger partial charge < -0.3 is 4.74 Å². The molecule has 0 aromatic heterocycles. The zero-order valence-corrected chi connectivity index (χ0v) is 14.4. The summed E-state index contributed by atoms with van der Waals surface area (Å²) in [5.41, 5.74) is 4.42. The highest BCUT2D eigenvalue weighted by Gasteiger charge is 2.02. The van der Waals surface area contributed by atoms with E-state index in [-0.39, 0.29) is 11.7 Å². The monoisotopic (exact) mass is 348 g/mol. The van der Waals surface area contributed by atoms with Crippen LogP contribution in [0.5, 0.6) is 5.75 Å². The number of nitrogens with zero attached hydrogens (tertiary/aromatic N) is 1. The summed E-state index contributed by atoms with van der Waals surface area (Å²) in [6.07, 6.45) is 1.59. The lowest BCUT2D eigenvalue weighted by Crippen LogP contribution is -2.19. The number of amides is 1. The van der Waals surface area contributed by atoms with Crippen LogP contribution in [0.25, 0.3) is 0 Å². The van der Waals surface area contributed by atoms with Crippen molar-refractivity contribution in [3.63, 3.8) is 0 Å². The number of benzene rings is 2. The maximum atomic E-state index is 11.8. The molecule has 2 aromatic rings. The lowest BCUT2D eigenvalue weighted by Gasteiger charge is -2.04. The first kappa shape index (κ1) is 17.4. The molecule has 0 saturated heterocycles. The van der Waals surface area contributed by atoms with Crippen LogP contribution in [0.15, 0.2) is 52.5 Å². The Bertz CT molecular complexity index is 702. The van der Waals surface area contributed by atoms with Crippen molar-refractivity contribution in [2.45, 2.75) is 11.8 Å². The van der Waals surface area contributed by atoms with Gasteiger partial charge in [-0.15, -0.1) is 11.8 Å². The van der Waals surface area contributed by atoms with E-state index in [0.717, 1.165) is 21.8 Å². The molecule has 4 nitrogen and oxygen atoms in total. The van der Waals surface area contributed by atoms with Crippen molar-refractivity contribution in [3.8, 4) is 5.75 Å². The molecule has 6 heteroatoms. The van der Waals surface area contributed by atoms with Gasteiger partial charge in [0.25, 0.3) is 0 Å². The zero-order valence-electron chi connectivity index (χ0n) is 12.9. The van der Waals surface area contributed by atoms with E-state index in [0.29, 0.717) is 5.02 Å². The molecular formula is C17H17ClN2O2S. The SMILES string of the molecule is COc1cc(/C=N\NC(=O)CSc2ccc(Cl)cc2)ccc1C. The van der Waals surface area contributed by atoms with E-state index in [1.165, 1.54) is 11.8 Å². The molecule has 0 bridgehead atoms. The molecule has 0 aliphatic carbocycles. The maximum Gasteiger partial charge on any atom is 0.250 e. The predicted molar refractivity (Wildman–Crippen MR) is 95.6 cm³/mol. The number of methoxy groups -OCH3 is 1. The van der Waals surface area contributed by atoms with Crippen LogP contribution < -0.4 is 10.2 Å². The Morgan fingerprint density at radius 2 is 2.04 bits per heavy atom. The van der Waals surface area contributed by atoms with Crippen molar-refractivity contribution in [1.82, 2.24) is 5.43 Å². The molecule has 0 spiro atoms. The summed E-state index contributed by atoms with van der Waals surface area (Å²) in [6.45, 7) is 1.97. The molecule has 0 saturated carbocycles. The molecule has 0 unspecified atom stereocenters. The Balaban J connectivity index is 1.82. The summed E-state index contributed by atoms with van der Waals surface area (Å²) in [7, 11) is 1.62. The fourth-order valence-corrected chi connectivity index (χ4v) is 2.62. The third kappa shape index (κ3) is 5.62. The summed E-state index contributed by atoms with van der Waals surface area (Å²) in [6, 6.07) is 13.1. The standard InChI is InChI=1S/C17H17ClN2O2S/c1-12-3-4-13(9-16(12)22-2)10-19-20-17(21)11-23-15-7-5-14(18)6-8-15/h3-10H,11H2,1-2H3,(H,20,21)/b19-10-. The Labute approximate surface area is 144 Å². The molecular weight excluding hydrogens is 332 g/mol. The average Bonchev–Trinajstić information content (AvgIpc) is 2.56. The number of ether oxygens (including phenoxy) is 1. The van der Waals surface area contributed by atoms with Crippen LogP contribution >= 0.6 is 23.4 Å². The number of aryl methyl sites for hydroxylation is 1. The average molecular weight is 349 g/mol. The van der Waals surface area contributed by atoms with E-state index in [1.54, 1.807) is 25.5 Å². The first-order valence-electron chi connectivity index (χ1n) is 6.93. The summed E-state index contributed by atoms with van der Waals surface area (Å²) < 4.78 is 5.25. The molecule has 0 fully saturated rings. The Morgan fingerprint density at radius 1 is 1.30 bits per heavy atom. The first-order valence-corrected chi connectivity index (χ1v) is 8.30. The maximum absolute atomic E-state index is 11.8. The van der Waals surface area contributed by atoms with Gasteiger partial charge in [0.05, 0.1) is 19.1 Å². The van der Waals surface area contributed by atoms with Crippen LogP contribution in [0.2, 0.25) is 5.02 Å². The second-order valence-electron chi connectivity index (χ2n) is 4.76. The van der Waals surface area contributed by atoms with E-state index in [9.17, 15) is 4.79 Å². The van der Waals surface area contributed by atoms with Crippen LogP contribution in [0, 0.1) is 6.92 Å². The Hall–Kier alpha value is -1.98. The van der Waals surface area contributed by atoms with Gasteiger partial charge in [0, 0.05) is 9.92 Å². The number of carbonyl (C=O) groups excluding carboxylic acids is 1. The van der Waals surface area contributed by atoms with Crippen molar-refractivity contribution >= 4 is 35.5 Å². The molecule has 120 valence electrons. The van der Waals surface area contributed by atoms with Crippen molar-refractivity contribution in [3.05, 3.63) is 58.6 Å². The molecule has 0 heterocycles. The number of carbonyl (C=O) groups is 1. The van der Waals surface area contributed by atoms with E-state index in [4.69, 9.17) is 16.3 Å². The summed E-state index contributed by atoms with van der Waals surface area (Å²) in [4.78, 5) is 12.7. The highest BCUT2D eigenvalue weighted by Crippen LogP contribution is 2.20. The normalized spacial score (nSPS) is 10.7. The van der Waals surface area contributed by atoms with Gasteiger partial charge in [-0.1, -0.05) is 23.7 Å². The van der Waals surface area contributed by atoms with E-state index < -0.39 is 0 Å². The number of halogens is 1. The van der Waals surface area contributed by atoms with Gasteiger partial charge in [0.1, 0.15) is 5.75 Å². The summed E-state index contributed by atoms with van der Waals surface area (Å²) in [5, 5.41) is 4.64. The van der Waals surface area contributed by atoms with Crippen molar-refractivity contribution in [2.24, 2.45) is 5.10 Å². The summed E-state index contributed by atoms with van der Waals surface area (Å²) >= 11 is 7.24. The third-order valence-electron chi connectivity index (χ3n) is 3.02. The van der Waals surface area contributed by atoms with E-state index in [1.807, 2.05) is 37.3 Å². The van der Waals surface area contributed by atoms with Gasteiger partial charge in [-0.25, -0.2) is 5.43 Å². The molecule has 0 aliphatic rings. The minimum atomic E-state index is -0.166. The molecule has 0 radical (unpaired) electrons. The van der Waals surface area contributed by atoms with Gasteiger partial charge in [-0.3, -0.25) is 4.79 Å². The molecule has 2 aromatic carbocycles. The fraction of sp³-hybridized carbons (Fsp3) is 0.176.